The molecule has 3 nitrogen and oxygen atoms in total. The van der Waals surface area contributed by atoms with E-state index in [0.717, 1.165) is 38.4 Å². The van der Waals surface area contributed by atoms with E-state index in [9.17, 15) is 4.79 Å². The fourth-order valence-corrected chi connectivity index (χ4v) is 2.63. The summed E-state index contributed by atoms with van der Waals surface area (Å²) in [6.45, 7) is 4.85. The fourth-order valence-electron chi connectivity index (χ4n) is 2.63. The van der Waals surface area contributed by atoms with Gasteiger partial charge in [0, 0.05) is 13.1 Å². The Kier molecular flexibility index (Phi) is 3.85. The smallest absolute Gasteiger partial charge is 0.227 e. The molecule has 2 N–H and O–H groups in total. The lowest BCUT2D eigenvalue weighted by Gasteiger charge is -2.33. The third-order valence-corrected chi connectivity index (χ3v) is 4.21. The monoisotopic (exact) mass is 224 g/mol. The van der Waals surface area contributed by atoms with E-state index in [-0.39, 0.29) is 11.3 Å². The van der Waals surface area contributed by atoms with Crippen LogP contribution in [-0.2, 0) is 4.79 Å². The highest BCUT2D eigenvalue weighted by Gasteiger charge is 2.34. The molecule has 1 heterocycles. The number of hydrogen-bond donors (Lipinski definition) is 2. The largest absolute Gasteiger partial charge is 0.356 e. The SMILES string of the molecule is CC1(C(=O)NCCC2CCC2)CCCNC1. The summed E-state index contributed by atoms with van der Waals surface area (Å²) in [5.74, 6) is 1.14. The molecule has 0 spiro atoms. The Hall–Kier alpha value is -0.570. The molecule has 2 fully saturated rings. The van der Waals surface area contributed by atoms with Crippen molar-refractivity contribution in [3.05, 3.63) is 0 Å². The van der Waals surface area contributed by atoms with Crippen molar-refractivity contribution in [2.75, 3.05) is 19.6 Å². The molecule has 16 heavy (non-hydrogen) atoms. The maximum absolute atomic E-state index is 12.1. The van der Waals surface area contributed by atoms with E-state index in [1.165, 1.54) is 25.7 Å². The van der Waals surface area contributed by atoms with Crippen molar-refractivity contribution in [3.8, 4) is 0 Å². The minimum absolute atomic E-state index is 0.169. The van der Waals surface area contributed by atoms with Crippen molar-refractivity contribution in [3.63, 3.8) is 0 Å². The average molecular weight is 224 g/mol. The third-order valence-electron chi connectivity index (χ3n) is 4.21. The van der Waals surface area contributed by atoms with Gasteiger partial charge < -0.3 is 10.6 Å². The Morgan fingerprint density at radius 1 is 1.44 bits per heavy atom. The normalized spacial score (nSPS) is 30.8. The highest BCUT2D eigenvalue weighted by molar-refractivity contribution is 5.82. The first-order chi connectivity index (χ1) is 7.71. The average Bonchev–Trinajstić information content (AvgIpc) is 2.22. The zero-order valence-corrected chi connectivity index (χ0v) is 10.3. The van der Waals surface area contributed by atoms with Gasteiger partial charge in [-0.25, -0.2) is 0 Å². The number of carbonyl (C=O) groups is 1. The highest BCUT2D eigenvalue weighted by atomic mass is 16.2. The summed E-state index contributed by atoms with van der Waals surface area (Å²) in [6.07, 6.45) is 7.45. The van der Waals surface area contributed by atoms with Crippen molar-refractivity contribution in [2.45, 2.75) is 45.4 Å². The maximum Gasteiger partial charge on any atom is 0.227 e. The number of carbonyl (C=O) groups excluding carboxylic acids is 1. The summed E-state index contributed by atoms with van der Waals surface area (Å²) in [5.41, 5.74) is -0.169. The fraction of sp³-hybridized carbons (Fsp3) is 0.923. The minimum Gasteiger partial charge on any atom is -0.356 e. The van der Waals surface area contributed by atoms with E-state index in [4.69, 9.17) is 0 Å². The molecule has 1 atom stereocenters. The molecule has 0 aromatic heterocycles. The van der Waals surface area contributed by atoms with E-state index in [0.29, 0.717) is 0 Å². The maximum atomic E-state index is 12.1. The molecule has 0 bridgehead atoms. The van der Waals surface area contributed by atoms with E-state index in [1.54, 1.807) is 0 Å². The van der Waals surface area contributed by atoms with Crippen LogP contribution in [0.1, 0.15) is 45.4 Å². The molecular formula is C13H24N2O. The van der Waals surface area contributed by atoms with Gasteiger partial charge in [-0.2, -0.15) is 0 Å². The quantitative estimate of drug-likeness (QED) is 0.763. The first kappa shape index (κ1) is 11.9. The second-order valence-corrected chi connectivity index (χ2v) is 5.68. The van der Waals surface area contributed by atoms with E-state index in [2.05, 4.69) is 17.6 Å². The van der Waals surface area contributed by atoms with Gasteiger partial charge in [-0.05, 0) is 38.6 Å². The summed E-state index contributed by atoms with van der Waals surface area (Å²) in [6, 6.07) is 0. The zero-order valence-electron chi connectivity index (χ0n) is 10.3. The van der Waals surface area contributed by atoms with Crippen LogP contribution in [0.25, 0.3) is 0 Å². The lowest BCUT2D eigenvalue weighted by Crippen LogP contribution is -2.49. The molecule has 1 amide bonds. The second-order valence-electron chi connectivity index (χ2n) is 5.68. The molecule has 92 valence electrons. The van der Waals surface area contributed by atoms with E-state index < -0.39 is 0 Å². The molecule has 2 aliphatic rings. The van der Waals surface area contributed by atoms with Crippen LogP contribution < -0.4 is 10.6 Å². The first-order valence-corrected chi connectivity index (χ1v) is 6.70. The Balaban J connectivity index is 1.69. The van der Waals surface area contributed by atoms with Crippen LogP contribution in [0.3, 0.4) is 0 Å². The van der Waals surface area contributed by atoms with Gasteiger partial charge in [-0.1, -0.05) is 19.3 Å². The van der Waals surface area contributed by atoms with E-state index in [1.807, 2.05) is 0 Å². The van der Waals surface area contributed by atoms with Crippen LogP contribution in [0.2, 0.25) is 0 Å². The lowest BCUT2D eigenvalue weighted by atomic mass is 9.81. The summed E-state index contributed by atoms with van der Waals surface area (Å²) in [5, 5.41) is 6.43. The summed E-state index contributed by atoms with van der Waals surface area (Å²) in [7, 11) is 0. The van der Waals surface area contributed by atoms with Crippen LogP contribution in [-0.4, -0.2) is 25.5 Å². The van der Waals surface area contributed by atoms with Crippen LogP contribution >= 0.6 is 0 Å². The van der Waals surface area contributed by atoms with Crippen molar-refractivity contribution >= 4 is 5.91 Å². The summed E-state index contributed by atoms with van der Waals surface area (Å²) >= 11 is 0. The molecule has 0 aromatic rings. The Morgan fingerprint density at radius 3 is 2.81 bits per heavy atom. The van der Waals surface area contributed by atoms with Crippen molar-refractivity contribution < 1.29 is 4.79 Å². The number of nitrogens with one attached hydrogen (secondary N) is 2. The minimum atomic E-state index is -0.169. The standard InChI is InChI=1S/C13H24N2O/c1-13(7-3-8-14-10-13)12(16)15-9-6-11-4-2-5-11/h11,14H,2-10H2,1H3,(H,15,16). The van der Waals surface area contributed by atoms with Gasteiger partial charge in [-0.3, -0.25) is 4.79 Å². The lowest BCUT2D eigenvalue weighted by molar-refractivity contribution is -0.131. The Morgan fingerprint density at radius 2 is 2.25 bits per heavy atom. The van der Waals surface area contributed by atoms with Crippen LogP contribution in [0.4, 0.5) is 0 Å². The molecule has 1 aliphatic carbocycles. The van der Waals surface area contributed by atoms with Gasteiger partial charge in [-0.15, -0.1) is 0 Å². The van der Waals surface area contributed by atoms with E-state index >= 15 is 0 Å². The van der Waals surface area contributed by atoms with Gasteiger partial charge in [0.1, 0.15) is 0 Å². The number of piperidine rings is 1. The number of amides is 1. The van der Waals surface area contributed by atoms with Crippen LogP contribution in [0.15, 0.2) is 0 Å². The molecule has 0 aromatic carbocycles. The van der Waals surface area contributed by atoms with Gasteiger partial charge >= 0.3 is 0 Å². The number of hydrogen-bond acceptors (Lipinski definition) is 2. The van der Waals surface area contributed by atoms with Gasteiger partial charge in [0.25, 0.3) is 0 Å². The Labute approximate surface area is 98.4 Å². The molecule has 2 rings (SSSR count). The predicted molar refractivity (Wildman–Crippen MR) is 65.2 cm³/mol. The molecule has 3 heteroatoms. The van der Waals surface area contributed by atoms with Crippen LogP contribution in [0, 0.1) is 11.3 Å². The van der Waals surface area contributed by atoms with Crippen molar-refractivity contribution in [1.82, 2.24) is 10.6 Å². The number of rotatable bonds is 4. The van der Waals surface area contributed by atoms with Crippen molar-refractivity contribution in [1.29, 1.82) is 0 Å². The third kappa shape index (κ3) is 2.76. The molecule has 0 radical (unpaired) electrons. The molecule has 1 saturated carbocycles. The summed E-state index contributed by atoms with van der Waals surface area (Å²) in [4.78, 5) is 12.1. The molecule has 1 unspecified atom stereocenters. The van der Waals surface area contributed by atoms with Gasteiger partial charge in [0.15, 0.2) is 0 Å². The van der Waals surface area contributed by atoms with Gasteiger partial charge in [0.2, 0.25) is 5.91 Å². The highest BCUT2D eigenvalue weighted by Crippen LogP contribution is 2.29. The van der Waals surface area contributed by atoms with Gasteiger partial charge in [0.05, 0.1) is 5.41 Å². The summed E-state index contributed by atoms with van der Waals surface area (Å²) < 4.78 is 0. The van der Waals surface area contributed by atoms with Crippen molar-refractivity contribution in [2.24, 2.45) is 11.3 Å². The zero-order chi connectivity index (χ0) is 11.4. The molecule has 1 aliphatic heterocycles. The Bertz CT molecular complexity index is 242. The molecular weight excluding hydrogens is 200 g/mol. The topological polar surface area (TPSA) is 41.1 Å². The van der Waals surface area contributed by atoms with Crippen LogP contribution in [0.5, 0.6) is 0 Å². The predicted octanol–water partition coefficient (Wildman–Crippen LogP) is 1.68. The second kappa shape index (κ2) is 5.17. The first-order valence-electron chi connectivity index (χ1n) is 6.70. The molecule has 1 saturated heterocycles.